The molecular weight excluding hydrogens is 1140 g/mol. The van der Waals surface area contributed by atoms with Gasteiger partial charge in [-0.3, -0.25) is 0 Å². The van der Waals surface area contributed by atoms with Crippen molar-refractivity contribution in [2.75, 3.05) is 0 Å². The highest BCUT2D eigenvalue weighted by Gasteiger charge is 2.45. The fourth-order valence-corrected chi connectivity index (χ4v) is 18.3. The average Bonchev–Trinajstić information content (AvgIpc) is 4.21. The highest BCUT2D eigenvalue weighted by Crippen LogP contribution is 2.60. The van der Waals surface area contributed by atoms with E-state index in [-0.39, 0.29) is 11.2 Å². The van der Waals surface area contributed by atoms with Crippen molar-refractivity contribution >= 4 is 100.0 Å². The molecule has 0 amide bonds. The number of fused-ring (bicyclic) bond motifs is 7. The first-order valence-corrected chi connectivity index (χ1v) is 34.6. The molecule has 0 spiro atoms. The second-order valence-corrected chi connectivity index (χ2v) is 32.1. The molecule has 0 fully saturated rings. The van der Waals surface area contributed by atoms with Crippen molar-refractivity contribution < 1.29 is 9.47 Å². The largest absolute Gasteiger partial charge is 0.481 e. The summed E-state index contributed by atoms with van der Waals surface area (Å²) in [5.74, 6) is 6.97. The summed E-state index contributed by atoms with van der Waals surface area (Å²) in [5, 5.41) is 0. The van der Waals surface area contributed by atoms with Crippen molar-refractivity contribution in [3.8, 4) is 51.9 Å². The summed E-state index contributed by atoms with van der Waals surface area (Å²) in [6.07, 6.45) is 25.6. The molecule has 0 aliphatic carbocycles. The molecule has 0 bridgehead atoms. The lowest BCUT2D eigenvalue weighted by atomic mass is 9.78. The molecule has 1 aromatic carbocycles. The Bertz CT molecular complexity index is 2700. The fourth-order valence-electron chi connectivity index (χ4n) is 11.9. The minimum Gasteiger partial charge on any atom is -0.481 e. The Kier molecular flexibility index (Phi) is 21.0. The number of nitrogens with zero attached hydrogens (tertiary/aromatic N) is 2. The van der Waals surface area contributed by atoms with Crippen LogP contribution < -0.4 is 9.47 Å². The molecule has 0 saturated heterocycles. The van der Waals surface area contributed by atoms with Crippen molar-refractivity contribution in [3.05, 3.63) is 55.1 Å². The van der Waals surface area contributed by atoms with Gasteiger partial charge in [0.15, 0.2) is 0 Å². The van der Waals surface area contributed by atoms with Crippen LogP contribution in [0.15, 0.2) is 44.0 Å². The Morgan fingerprint density at radius 1 is 0.446 bits per heavy atom. The zero-order valence-electron chi connectivity index (χ0n) is 46.9. The van der Waals surface area contributed by atoms with Gasteiger partial charge in [-0.05, 0) is 137 Å². The number of thiophene rings is 4. The number of hydrogen-bond acceptors (Lipinski definition) is 9. The van der Waals surface area contributed by atoms with E-state index in [0.29, 0.717) is 23.7 Å². The minimum atomic E-state index is -0.380. The SMILES string of the molecule is CCCCCC(C)CCC1(CCC(C)CCCC(C)C)Oc2cc(Br)sc2-c2sc(-c3ccc(-c4cc5c(s4)-c4sc(Br)cc4OC5(CCC(C)CCCC(C)C)CCC(C)CCCC(C)C)c4nsnc34)cc21. The van der Waals surface area contributed by atoms with Crippen molar-refractivity contribution in [1.29, 1.82) is 0 Å². The van der Waals surface area contributed by atoms with Gasteiger partial charge in [0.25, 0.3) is 0 Å². The smallest absolute Gasteiger partial charge is 0.141 e. The first kappa shape index (κ1) is 58.5. The van der Waals surface area contributed by atoms with Gasteiger partial charge in [-0.15, -0.1) is 45.3 Å². The van der Waals surface area contributed by atoms with Crippen LogP contribution in [0.4, 0.5) is 0 Å². The predicted molar refractivity (Wildman–Crippen MR) is 334 cm³/mol. The molecule has 5 unspecified atom stereocenters. The van der Waals surface area contributed by atoms with Gasteiger partial charge in [-0.2, -0.15) is 8.75 Å². The Morgan fingerprint density at radius 3 is 1.16 bits per heavy atom. The van der Waals surface area contributed by atoms with Crippen molar-refractivity contribution in [2.24, 2.45) is 41.4 Å². The molecule has 5 atom stereocenters. The summed E-state index contributed by atoms with van der Waals surface area (Å²) in [7, 11) is 0. The molecule has 11 heteroatoms. The maximum absolute atomic E-state index is 7.49. The number of benzene rings is 1. The fraction of sp³-hybridized carbons (Fsp3) is 0.651. The monoisotopic (exact) mass is 1220 g/mol. The maximum atomic E-state index is 7.49. The third-order valence-electron chi connectivity index (χ3n) is 16.7. The van der Waals surface area contributed by atoms with E-state index < -0.39 is 0 Å². The van der Waals surface area contributed by atoms with Crippen molar-refractivity contribution in [3.63, 3.8) is 0 Å². The number of rotatable bonds is 30. The van der Waals surface area contributed by atoms with E-state index in [0.717, 1.165) is 92.8 Å². The Hall–Kier alpha value is -1.60. The molecule has 8 rings (SSSR count). The van der Waals surface area contributed by atoms with Crippen LogP contribution in [-0.4, -0.2) is 8.75 Å². The zero-order chi connectivity index (χ0) is 52.7. The van der Waals surface area contributed by atoms with E-state index in [1.54, 1.807) is 0 Å². The molecule has 7 heterocycles. The normalized spacial score (nSPS) is 18.9. The van der Waals surface area contributed by atoms with Crippen molar-refractivity contribution in [1.82, 2.24) is 8.75 Å². The van der Waals surface area contributed by atoms with Crippen LogP contribution in [0, 0.1) is 41.4 Å². The highest BCUT2D eigenvalue weighted by molar-refractivity contribution is 9.11. The van der Waals surface area contributed by atoms with E-state index in [1.165, 1.54) is 153 Å². The second-order valence-electron chi connectivity index (χ2n) is 24.6. The quantitative estimate of drug-likeness (QED) is 0.0422. The summed E-state index contributed by atoms with van der Waals surface area (Å²) in [6, 6.07) is 14.3. The van der Waals surface area contributed by atoms with Gasteiger partial charge in [0.2, 0.25) is 0 Å². The lowest BCUT2D eigenvalue weighted by molar-refractivity contribution is 0.0322. The van der Waals surface area contributed by atoms with Crippen LogP contribution in [0.1, 0.15) is 222 Å². The summed E-state index contributed by atoms with van der Waals surface area (Å²) in [6.45, 7) is 26.4. The molecule has 4 nitrogen and oxygen atoms in total. The van der Waals surface area contributed by atoms with Gasteiger partial charge < -0.3 is 9.47 Å². The van der Waals surface area contributed by atoms with Gasteiger partial charge in [0, 0.05) is 44.1 Å². The molecule has 406 valence electrons. The van der Waals surface area contributed by atoms with E-state index in [9.17, 15) is 0 Å². The molecule has 0 N–H and O–H groups in total. The predicted octanol–water partition coefficient (Wildman–Crippen LogP) is 24.0. The summed E-state index contributed by atoms with van der Waals surface area (Å²) in [5.41, 5.74) is 6.39. The molecule has 2 aliphatic rings. The van der Waals surface area contributed by atoms with Crippen LogP contribution in [0.5, 0.6) is 11.5 Å². The molecule has 2 aliphatic heterocycles. The third-order valence-corrected chi connectivity index (χ3v) is 23.1. The van der Waals surface area contributed by atoms with Crippen LogP contribution in [0.2, 0.25) is 0 Å². The number of aromatic nitrogens is 2. The van der Waals surface area contributed by atoms with E-state index in [2.05, 4.69) is 144 Å². The Balaban J connectivity index is 1.16. The molecular formula is C63H88Br2N2O2S5. The first-order chi connectivity index (χ1) is 35.5. The van der Waals surface area contributed by atoms with Crippen LogP contribution in [0.25, 0.3) is 51.4 Å². The Morgan fingerprint density at radius 2 is 0.811 bits per heavy atom. The van der Waals surface area contributed by atoms with Gasteiger partial charge in [-0.1, -0.05) is 172 Å². The average molecular weight is 1230 g/mol. The molecule has 5 aromatic heterocycles. The molecule has 0 radical (unpaired) electrons. The third kappa shape index (κ3) is 14.2. The minimum absolute atomic E-state index is 0.375. The summed E-state index contributed by atoms with van der Waals surface area (Å²) >= 11 is 16.7. The standard InChI is InChI=1S/C63H88Br2N2O2S5/c1-12-13-14-21-42(8)27-31-62(32-28-43(9)22-15-18-39(2)3)48-35-52(70-58(48)60-50(68-62)37-54(64)72-60)46-25-26-47(57-56(46)66-74-67-57)53-36-49-59(71-53)61-51(38-55(65)73-61)69-63(49,33-29-44(10)23-16-19-40(4)5)34-30-45(11)24-17-20-41(6)7/h25-26,35-45H,12-24,27-34H2,1-11H3. The molecule has 74 heavy (non-hydrogen) atoms. The van der Waals surface area contributed by atoms with E-state index >= 15 is 0 Å². The number of unbranched alkanes of at least 4 members (excludes halogenated alkanes) is 2. The summed E-state index contributed by atoms with van der Waals surface area (Å²) < 4.78 is 27.6. The van der Waals surface area contributed by atoms with Crippen molar-refractivity contribution in [2.45, 2.75) is 222 Å². The maximum Gasteiger partial charge on any atom is 0.141 e. The Labute approximate surface area is 484 Å². The summed E-state index contributed by atoms with van der Waals surface area (Å²) in [4.78, 5) is 7.81. The number of ether oxygens (including phenoxy) is 2. The van der Waals surface area contributed by atoms with Gasteiger partial charge in [0.1, 0.15) is 33.7 Å². The zero-order valence-corrected chi connectivity index (χ0v) is 54.1. The van der Waals surface area contributed by atoms with Gasteiger partial charge >= 0.3 is 0 Å². The van der Waals surface area contributed by atoms with Gasteiger partial charge in [-0.25, -0.2) is 0 Å². The molecule has 0 saturated carbocycles. The lowest BCUT2D eigenvalue weighted by Gasteiger charge is -2.39. The van der Waals surface area contributed by atoms with E-state index in [1.807, 2.05) is 45.3 Å². The number of hydrogen-bond donors (Lipinski definition) is 0. The van der Waals surface area contributed by atoms with Crippen LogP contribution in [0.3, 0.4) is 0 Å². The first-order valence-electron chi connectivity index (χ1n) is 29.0. The van der Waals surface area contributed by atoms with E-state index in [4.69, 9.17) is 18.2 Å². The van der Waals surface area contributed by atoms with Crippen LogP contribution in [-0.2, 0) is 11.2 Å². The number of halogens is 2. The highest BCUT2D eigenvalue weighted by atomic mass is 79.9. The topological polar surface area (TPSA) is 44.2 Å². The van der Waals surface area contributed by atoms with Gasteiger partial charge in [0.05, 0.1) is 38.8 Å². The molecule has 6 aromatic rings. The second kappa shape index (κ2) is 26.6. The van der Waals surface area contributed by atoms with Crippen LogP contribution >= 0.6 is 88.9 Å². The lowest BCUT2D eigenvalue weighted by Crippen LogP contribution is -2.36.